The third kappa shape index (κ3) is 3.82. The van der Waals surface area contributed by atoms with Crippen LogP contribution in [0.4, 0.5) is 0 Å². The molecule has 2 aromatic carbocycles. The molecule has 0 aliphatic heterocycles. The molecule has 1 unspecified atom stereocenters. The Bertz CT molecular complexity index is 611. The van der Waals surface area contributed by atoms with Crippen molar-refractivity contribution in [1.82, 2.24) is 10.2 Å². The zero-order chi connectivity index (χ0) is 15.4. The molecule has 0 radical (unpaired) electrons. The summed E-state index contributed by atoms with van der Waals surface area (Å²) in [6.07, 6.45) is 0. The molecule has 0 heterocycles. The Morgan fingerprint density at radius 3 is 2.38 bits per heavy atom. The van der Waals surface area contributed by atoms with Crippen molar-refractivity contribution in [2.75, 3.05) is 20.6 Å². The van der Waals surface area contributed by atoms with Crippen molar-refractivity contribution in [3.8, 4) is 0 Å². The second-order valence-corrected chi connectivity index (χ2v) is 6.05. The van der Waals surface area contributed by atoms with E-state index >= 15 is 0 Å². The Kier molecular flexibility index (Phi) is 4.97. The van der Waals surface area contributed by atoms with E-state index in [1.54, 1.807) is 0 Å². The number of nitrogens with zero attached hydrogens (tertiary/aromatic N) is 1. The predicted octanol–water partition coefficient (Wildman–Crippen LogP) is 3.16. The lowest BCUT2D eigenvalue weighted by molar-refractivity contribution is 0.0935. The van der Waals surface area contributed by atoms with Crippen LogP contribution in [0.1, 0.15) is 24.2 Å². The van der Waals surface area contributed by atoms with Crippen LogP contribution in [0, 0.1) is 5.92 Å². The number of amides is 1. The van der Waals surface area contributed by atoms with E-state index in [0.29, 0.717) is 18.5 Å². The van der Waals surface area contributed by atoms with Gasteiger partial charge in [0.2, 0.25) is 0 Å². The van der Waals surface area contributed by atoms with E-state index in [0.717, 1.165) is 16.3 Å². The van der Waals surface area contributed by atoms with Crippen LogP contribution < -0.4 is 5.32 Å². The Balaban J connectivity index is 2.08. The molecule has 0 saturated carbocycles. The lowest BCUT2D eigenvalue weighted by Crippen LogP contribution is -2.43. The average Bonchev–Trinajstić information content (AvgIpc) is 2.46. The molecule has 0 aromatic heterocycles. The Morgan fingerprint density at radius 1 is 1.10 bits per heavy atom. The van der Waals surface area contributed by atoms with Crippen LogP contribution in [-0.4, -0.2) is 37.5 Å². The van der Waals surface area contributed by atoms with E-state index in [-0.39, 0.29) is 5.91 Å². The van der Waals surface area contributed by atoms with Crippen molar-refractivity contribution in [3.63, 3.8) is 0 Å². The van der Waals surface area contributed by atoms with Gasteiger partial charge in [0.05, 0.1) is 0 Å². The number of hydrogen-bond acceptors (Lipinski definition) is 2. The minimum Gasteiger partial charge on any atom is -0.350 e. The topological polar surface area (TPSA) is 32.3 Å². The largest absolute Gasteiger partial charge is 0.350 e. The monoisotopic (exact) mass is 284 g/mol. The van der Waals surface area contributed by atoms with E-state index in [9.17, 15) is 4.79 Å². The summed E-state index contributed by atoms with van der Waals surface area (Å²) >= 11 is 0. The number of likely N-dealkylation sites (N-methyl/N-ethyl adjacent to an activating group) is 1. The number of carbonyl (C=O) groups is 1. The van der Waals surface area contributed by atoms with Crippen molar-refractivity contribution < 1.29 is 4.79 Å². The standard InChI is InChI=1S/C18H24N2O/c1-13(2)17(20(3)4)12-19-18(21)16-10-9-14-7-5-6-8-15(14)11-16/h5-11,13,17H,12H2,1-4H3,(H,19,21). The maximum atomic E-state index is 12.3. The van der Waals surface area contributed by atoms with Crippen molar-refractivity contribution in [3.05, 3.63) is 48.0 Å². The molecule has 0 aliphatic rings. The molecule has 3 heteroatoms. The van der Waals surface area contributed by atoms with Crippen LogP contribution in [0.2, 0.25) is 0 Å². The van der Waals surface area contributed by atoms with E-state index in [1.807, 2.05) is 50.5 Å². The first-order valence-electron chi connectivity index (χ1n) is 7.42. The highest BCUT2D eigenvalue weighted by atomic mass is 16.1. The van der Waals surface area contributed by atoms with Crippen LogP contribution in [-0.2, 0) is 0 Å². The molecule has 2 aromatic rings. The number of benzene rings is 2. The van der Waals surface area contributed by atoms with Gasteiger partial charge in [-0.15, -0.1) is 0 Å². The smallest absolute Gasteiger partial charge is 0.251 e. The summed E-state index contributed by atoms with van der Waals surface area (Å²) in [6, 6.07) is 14.3. The fourth-order valence-electron chi connectivity index (χ4n) is 2.64. The summed E-state index contributed by atoms with van der Waals surface area (Å²) in [5, 5.41) is 5.30. The predicted molar refractivity (Wildman–Crippen MR) is 88.6 cm³/mol. The van der Waals surface area contributed by atoms with Gasteiger partial charge in [-0.05, 0) is 42.9 Å². The molecule has 3 nitrogen and oxygen atoms in total. The lowest BCUT2D eigenvalue weighted by atomic mass is 10.0. The first kappa shape index (κ1) is 15.5. The fourth-order valence-corrected chi connectivity index (χ4v) is 2.64. The van der Waals surface area contributed by atoms with Crippen LogP contribution in [0.15, 0.2) is 42.5 Å². The SMILES string of the molecule is CC(C)C(CNC(=O)c1ccc2ccccc2c1)N(C)C. The highest BCUT2D eigenvalue weighted by Gasteiger charge is 2.17. The summed E-state index contributed by atoms with van der Waals surface area (Å²) in [6.45, 7) is 5.01. The normalized spacial score (nSPS) is 12.9. The van der Waals surface area contributed by atoms with Crippen molar-refractivity contribution >= 4 is 16.7 Å². The molecule has 0 spiro atoms. The first-order chi connectivity index (χ1) is 9.99. The second-order valence-electron chi connectivity index (χ2n) is 6.05. The van der Waals surface area contributed by atoms with Crippen LogP contribution in [0.25, 0.3) is 10.8 Å². The van der Waals surface area contributed by atoms with Gasteiger partial charge in [-0.25, -0.2) is 0 Å². The molecular formula is C18H24N2O. The third-order valence-electron chi connectivity index (χ3n) is 3.92. The molecule has 112 valence electrons. The molecule has 0 bridgehead atoms. The molecule has 1 atom stereocenters. The van der Waals surface area contributed by atoms with Crippen molar-refractivity contribution in [2.45, 2.75) is 19.9 Å². The van der Waals surface area contributed by atoms with Gasteiger partial charge in [-0.1, -0.05) is 44.2 Å². The molecule has 1 N–H and O–H groups in total. The molecule has 2 rings (SSSR count). The highest BCUT2D eigenvalue weighted by molar-refractivity contribution is 5.98. The van der Waals surface area contributed by atoms with Gasteiger partial charge in [0.1, 0.15) is 0 Å². The first-order valence-corrected chi connectivity index (χ1v) is 7.42. The van der Waals surface area contributed by atoms with Crippen molar-refractivity contribution in [2.24, 2.45) is 5.92 Å². The number of hydrogen-bond donors (Lipinski definition) is 1. The Morgan fingerprint density at radius 2 is 1.76 bits per heavy atom. The average molecular weight is 284 g/mol. The zero-order valence-corrected chi connectivity index (χ0v) is 13.3. The zero-order valence-electron chi connectivity index (χ0n) is 13.3. The summed E-state index contributed by atoms with van der Waals surface area (Å²) in [7, 11) is 4.10. The highest BCUT2D eigenvalue weighted by Crippen LogP contribution is 2.15. The van der Waals surface area contributed by atoms with Crippen LogP contribution in [0.3, 0.4) is 0 Å². The van der Waals surface area contributed by atoms with Gasteiger partial charge in [0.15, 0.2) is 0 Å². The summed E-state index contributed by atoms with van der Waals surface area (Å²) < 4.78 is 0. The van der Waals surface area contributed by atoms with Gasteiger partial charge in [0.25, 0.3) is 5.91 Å². The minimum atomic E-state index is -0.00625. The third-order valence-corrected chi connectivity index (χ3v) is 3.92. The Labute approximate surface area is 127 Å². The summed E-state index contributed by atoms with van der Waals surface area (Å²) in [4.78, 5) is 14.5. The maximum absolute atomic E-state index is 12.3. The molecule has 0 fully saturated rings. The number of carbonyl (C=O) groups excluding carboxylic acids is 1. The summed E-state index contributed by atoms with van der Waals surface area (Å²) in [5.41, 5.74) is 0.718. The molecule has 0 aliphatic carbocycles. The van der Waals surface area contributed by atoms with Gasteiger partial charge < -0.3 is 10.2 Å². The van der Waals surface area contributed by atoms with Gasteiger partial charge >= 0.3 is 0 Å². The van der Waals surface area contributed by atoms with E-state index in [4.69, 9.17) is 0 Å². The van der Waals surface area contributed by atoms with Gasteiger partial charge in [-0.3, -0.25) is 4.79 Å². The fraction of sp³-hybridized carbons (Fsp3) is 0.389. The molecule has 1 amide bonds. The van der Waals surface area contributed by atoms with E-state index < -0.39 is 0 Å². The van der Waals surface area contributed by atoms with Gasteiger partial charge in [0, 0.05) is 18.2 Å². The number of rotatable bonds is 5. The maximum Gasteiger partial charge on any atom is 0.251 e. The molecular weight excluding hydrogens is 260 g/mol. The van der Waals surface area contributed by atoms with Gasteiger partial charge in [-0.2, -0.15) is 0 Å². The second kappa shape index (κ2) is 6.72. The van der Waals surface area contributed by atoms with Crippen LogP contribution >= 0.6 is 0 Å². The van der Waals surface area contributed by atoms with E-state index in [1.165, 1.54) is 0 Å². The minimum absolute atomic E-state index is 0.00625. The molecule has 0 saturated heterocycles. The quantitative estimate of drug-likeness (QED) is 0.914. The number of fused-ring (bicyclic) bond motifs is 1. The van der Waals surface area contributed by atoms with Crippen molar-refractivity contribution in [1.29, 1.82) is 0 Å². The lowest BCUT2D eigenvalue weighted by Gasteiger charge is -2.28. The van der Waals surface area contributed by atoms with E-state index in [2.05, 4.69) is 30.1 Å². The Hall–Kier alpha value is -1.87. The molecule has 21 heavy (non-hydrogen) atoms. The number of nitrogens with one attached hydrogen (secondary N) is 1. The summed E-state index contributed by atoms with van der Waals surface area (Å²) in [5.74, 6) is 0.491. The van der Waals surface area contributed by atoms with Crippen LogP contribution in [0.5, 0.6) is 0 Å².